The zero-order valence-corrected chi connectivity index (χ0v) is 12.4. The van der Waals surface area contributed by atoms with Crippen molar-refractivity contribution in [1.82, 2.24) is 5.32 Å². The quantitative estimate of drug-likeness (QED) is 0.595. The van der Waals surface area contributed by atoms with E-state index in [9.17, 15) is 0 Å². The predicted octanol–water partition coefficient (Wildman–Crippen LogP) is 4.20. The second-order valence-electron chi connectivity index (χ2n) is 6.09. The van der Waals surface area contributed by atoms with Crippen LogP contribution in [0.4, 0.5) is 0 Å². The highest BCUT2D eigenvalue weighted by Gasteiger charge is 2.17. The molecule has 0 amide bonds. The minimum Gasteiger partial charge on any atom is -0.316 e. The van der Waals surface area contributed by atoms with Gasteiger partial charge in [0.05, 0.1) is 0 Å². The lowest BCUT2D eigenvalue weighted by molar-refractivity contribution is 0.381. The van der Waals surface area contributed by atoms with Gasteiger partial charge in [-0.2, -0.15) is 0 Å². The number of hydrogen-bond donors (Lipinski definition) is 1. The van der Waals surface area contributed by atoms with Gasteiger partial charge in [-0.3, -0.25) is 0 Å². The maximum Gasteiger partial charge on any atom is -0.00172 e. The maximum absolute atomic E-state index is 3.64. The first-order chi connectivity index (χ1) is 9.24. The molecule has 0 aromatic heterocycles. The number of benzene rings is 1. The number of nitrogens with one attached hydrogen (secondary N) is 1. The van der Waals surface area contributed by atoms with Gasteiger partial charge in [0, 0.05) is 0 Å². The topological polar surface area (TPSA) is 12.0 Å². The molecule has 0 bridgehead atoms. The van der Waals surface area contributed by atoms with Crippen molar-refractivity contribution >= 4 is 0 Å². The first kappa shape index (κ1) is 14.3. The van der Waals surface area contributed by atoms with Gasteiger partial charge in [0.2, 0.25) is 0 Å². The second kappa shape index (κ2) is 7.49. The summed E-state index contributed by atoms with van der Waals surface area (Å²) in [6, 6.07) is 10.8. The van der Waals surface area contributed by atoms with Crippen molar-refractivity contribution in [2.24, 2.45) is 11.8 Å². The standard InChI is InChI=1S/C18H27N/c1-15-11-16(2)13-18(12-15)14-19-10-6-9-17-7-4-3-5-8-17/h3-5,7-8,11,15,18-19H,6,9-10,12-14H2,1-2H3. The number of aryl methyl sites for hydroxylation is 1. The molecule has 0 radical (unpaired) electrons. The molecule has 0 spiro atoms. The third-order valence-corrected chi connectivity index (χ3v) is 3.98. The molecule has 1 aliphatic rings. The smallest absolute Gasteiger partial charge is 0.00172 e. The van der Waals surface area contributed by atoms with E-state index >= 15 is 0 Å². The molecule has 1 aromatic rings. The van der Waals surface area contributed by atoms with Gasteiger partial charge in [-0.1, -0.05) is 48.9 Å². The molecule has 1 N–H and O–H groups in total. The molecule has 0 saturated heterocycles. The van der Waals surface area contributed by atoms with Crippen LogP contribution in [0.1, 0.15) is 38.7 Å². The summed E-state index contributed by atoms with van der Waals surface area (Å²) in [7, 11) is 0. The van der Waals surface area contributed by atoms with Crippen molar-refractivity contribution in [1.29, 1.82) is 0 Å². The van der Waals surface area contributed by atoms with Gasteiger partial charge in [-0.15, -0.1) is 0 Å². The van der Waals surface area contributed by atoms with E-state index in [1.165, 1.54) is 37.8 Å². The molecular weight excluding hydrogens is 230 g/mol. The summed E-state index contributed by atoms with van der Waals surface area (Å²) in [5.74, 6) is 1.61. The first-order valence-electron chi connectivity index (χ1n) is 7.66. The Bertz CT molecular complexity index is 393. The van der Waals surface area contributed by atoms with Crippen LogP contribution >= 0.6 is 0 Å². The highest BCUT2D eigenvalue weighted by atomic mass is 14.9. The van der Waals surface area contributed by atoms with Crippen molar-refractivity contribution in [3.05, 3.63) is 47.5 Å². The molecule has 1 nitrogen and oxygen atoms in total. The maximum atomic E-state index is 3.64. The second-order valence-corrected chi connectivity index (χ2v) is 6.09. The molecule has 1 aliphatic carbocycles. The fraction of sp³-hybridized carbons (Fsp3) is 0.556. The Morgan fingerprint density at radius 1 is 1.21 bits per heavy atom. The third kappa shape index (κ3) is 5.20. The third-order valence-electron chi connectivity index (χ3n) is 3.98. The Labute approximate surface area is 118 Å². The Hall–Kier alpha value is -1.08. The van der Waals surface area contributed by atoms with Gasteiger partial charge >= 0.3 is 0 Å². The van der Waals surface area contributed by atoms with E-state index in [0.29, 0.717) is 0 Å². The van der Waals surface area contributed by atoms with E-state index in [1.807, 2.05) is 0 Å². The summed E-state index contributed by atoms with van der Waals surface area (Å²) >= 11 is 0. The zero-order chi connectivity index (χ0) is 13.5. The van der Waals surface area contributed by atoms with Gasteiger partial charge in [-0.05, 0) is 63.1 Å². The van der Waals surface area contributed by atoms with Crippen LogP contribution in [0.15, 0.2) is 42.0 Å². The molecule has 19 heavy (non-hydrogen) atoms. The average Bonchev–Trinajstić information content (AvgIpc) is 2.38. The summed E-state index contributed by atoms with van der Waals surface area (Å²) in [5, 5.41) is 3.64. The Morgan fingerprint density at radius 2 is 2.00 bits per heavy atom. The van der Waals surface area contributed by atoms with E-state index < -0.39 is 0 Å². The largest absolute Gasteiger partial charge is 0.316 e. The van der Waals surface area contributed by atoms with Gasteiger partial charge in [-0.25, -0.2) is 0 Å². The highest BCUT2D eigenvalue weighted by Crippen LogP contribution is 2.27. The van der Waals surface area contributed by atoms with Crippen LogP contribution in [0.2, 0.25) is 0 Å². The molecule has 0 fully saturated rings. The molecule has 2 unspecified atom stereocenters. The highest BCUT2D eigenvalue weighted by molar-refractivity contribution is 5.14. The van der Waals surface area contributed by atoms with Crippen LogP contribution in [0.3, 0.4) is 0 Å². The number of rotatable bonds is 6. The van der Waals surface area contributed by atoms with Gasteiger partial charge in [0.1, 0.15) is 0 Å². The van der Waals surface area contributed by atoms with Gasteiger partial charge in [0.25, 0.3) is 0 Å². The van der Waals surface area contributed by atoms with Crippen LogP contribution in [-0.2, 0) is 6.42 Å². The van der Waals surface area contributed by atoms with E-state index in [1.54, 1.807) is 5.57 Å². The van der Waals surface area contributed by atoms with Gasteiger partial charge < -0.3 is 5.32 Å². The van der Waals surface area contributed by atoms with Crippen molar-refractivity contribution in [2.75, 3.05) is 13.1 Å². The summed E-state index contributed by atoms with van der Waals surface area (Å²) < 4.78 is 0. The van der Waals surface area contributed by atoms with E-state index in [-0.39, 0.29) is 0 Å². The van der Waals surface area contributed by atoms with Crippen LogP contribution in [0.5, 0.6) is 0 Å². The minimum absolute atomic E-state index is 0.768. The van der Waals surface area contributed by atoms with Crippen molar-refractivity contribution in [3.8, 4) is 0 Å². The molecular formula is C18H27N. The van der Waals surface area contributed by atoms with Crippen molar-refractivity contribution in [3.63, 3.8) is 0 Å². The molecule has 1 heteroatoms. The monoisotopic (exact) mass is 257 g/mol. The van der Waals surface area contributed by atoms with Gasteiger partial charge in [0.15, 0.2) is 0 Å². The average molecular weight is 257 g/mol. The Morgan fingerprint density at radius 3 is 2.74 bits per heavy atom. The summed E-state index contributed by atoms with van der Waals surface area (Å²) in [4.78, 5) is 0. The Balaban J connectivity index is 1.59. The van der Waals surface area contributed by atoms with Crippen LogP contribution < -0.4 is 5.32 Å². The van der Waals surface area contributed by atoms with Crippen molar-refractivity contribution < 1.29 is 0 Å². The predicted molar refractivity (Wildman–Crippen MR) is 83.3 cm³/mol. The summed E-state index contributed by atoms with van der Waals surface area (Å²) in [5.41, 5.74) is 3.03. The Kier molecular flexibility index (Phi) is 5.65. The normalized spacial score (nSPS) is 23.2. The number of hydrogen-bond acceptors (Lipinski definition) is 1. The van der Waals surface area contributed by atoms with E-state index in [0.717, 1.165) is 18.4 Å². The number of allylic oxidation sites excluding steroid dienone is 2. The summed E-state index contributed by atoms with van der Waals surface area (Å²) in [6.07, 6.45) is 7.50. The molecule has 0 heterocycles. The SMILES string of the molecule is CC1=CC(C)CC(CNCCCc2ccccc2)C1. The zero-order valence-electron chi connectivity index (χ0n) is 12.4. The van der Waals surface area contributed by atoms with Crippen LogP contribution in [-0.4, -0.2) is 13.1 Å². The van der Waals surface area contributed by atoms with Crippen LogP contribution in [0.25, 0.3) is 0 Å². The molecule has 2 rings (SSSR count). The fourth-order valence-electron chi connectivity index (χ4n) is 3.21. The lowest BCUT2D eigenvalue weighted by Gasteiger charge is -2.25. The van der Waals surface area contributed by atoms with E-state index in [2.05, 4.69) is 55.6 Å². The van der Waals surface area contributed by atoms with Crippen molar-refractivity contribution in [2.45, 2.75) is 39.5 Å². The van der Waals surface area contributed by atoms with Crippen LogP contribution in [0, 0.1) is 11.8 Å². The lowest BCUT2D eigenvalue weighted by Crippen LogP contribution is -2.27. The lowest BCUT2D eigenvalue weighted by atomic mass is 9.84. The first-order valence-corrected chi connectivity index (χ1v) is 7.66. The molecule has 0 saturated carbocycles. The molecule has 2 atom stereocenters. The van der Waals surface area contributed by atoms with E-state index in [4.69, 9.17) is 0 Å². The fourth-order valence-corrected chi connectivity index (χ4v) is 3.21. The molecule has 104 valence electrons. The molecule has 0 aliphatic heterocycles. The summed E-state index contributed by atoms with van der Waals surface area (Å²) in [6.45, 7) is 6.94. The minimum atomic E-state index is 0.768. The molecule has 1 aromatic carbocycles.